The fourth-order valence-corrected chi connectivity index (χ4v) is 5.94. The van der Waals surface area contributed by atoms with Crippen LogP contribution in [0.2, 0.25) is 0 Å². The van der Waals surface area contributed by atoms with Gasteiger partial charge in [0.1, 0.15) is 5.75 Å². The van der Waals surface area contributed by atoms with E-state index in [0.717, 1.165) is 43.5 Å². The van der Waals surface area contributed by atoms with Crippen molar-refractivity contribution in [2.45, 2.75) is 62.8 Å². The molecule has 6 heteroatoms. The second-order valence-electron chi connectivity index (χ2n) is 11.1. The molecule has 2 fully saturated rings. The molecule has 0 unspecified atom stereocenters. The Labute approximate surface area is 210 Å². The molecule has 35 heavy (non-hydrogen) atoms. The summed E-state index contributed by atoms with van der Waals surface area (Å²) in [4.78, 5) is 20.4. The van der Waals surface area contributed by atoms with Crippen LogP contribution in [0.4, 0.5) is 4.79 Å². The van der Waals surface area contributed by atoms with Gasteiger partial charge in [0.05, 0.1) is 24.8 Å². The molecule has 1 aliphatic carbocycles. The van der Waals surface area contributed by atoms with Crippen molar-refractivity contribution >= 4 is 6.03 Å². The third kappa shape index (κ3) is 4.91. The molecule has 1 saturated heterocycles. The molecule has 1 heterocycles. The SMILES string of the molecule is COc1ccc(CN2C[C@]3(CC[C@](c4ccccc4)(N(C)C)CC3)N(CC(C)(C)OC)C2=O)cc1. The van der Waals surface area contributed by atoms with Gasteiger partial charge in [-0.2, -0.15) is 0 Å². The average Bonchev–Trinajstić information content (AvgIpc) is 3.10. The van der Waals surface area contributed by atoms with Gasteiger partial charge in [-0.1, -0.05) is 42.5 Å². The number of rotatable bonds is 8. The molecule has 190 valence electrons. The van der Waals surface area contributed by atoms with Gasteiger partial charge in [-0.05, 0) is 76.9 Å². The molecular weight excluding hydrogens is 438 g/mol. The van der Waals surface area contributed by atoms with Gasteiger partial charge < -0.3 is 19.3 Å². The number of benzene rings is 2. The molecule has 2 aliphatic rings. The topological polar surface area (TPSA) is 45.2 Å². The summed E-state index contributed by atoms with van der Waals surface area (Å²) in [7, 11) is 7.78. The van der Waals surface area contributed by atoms with E-state index >= 15 is 0 Å². The molecule has 0 aromatic heterocycles. The molecule has 2 aromatic rings. The summed E-state index contributed by atoms with van der Waals surface area (Å²) in [5, 5.41) is 0. The summed E-state index contributed by atoms with van der Waals surface area (Å²) in [6.07, 6.45) is 3.95. The van der Waals surface area contributed by atoms with Crippen LogP contribution >= 0.6 is 0 Å². The van der Waals surface area contributed by atoms with Crippen LogP contribution in [0.3, 0.4) is 0 Å². The summed E-state index contributed by atoms with van der Waals surface area (Å²) >= 11 is 0. The fourth-order valence-electron chi connectivity index (χ4n) is 5.94. The van der Waals surface area contributed by atoms with E-state index in [-0.39, 0.29) is 17.1 Å². The number of amides is 2. The van der Waals surface area contributed by atoms with Crippen molar-refractivity contribution < 1.29 is 14.3 Å². The van der Waals surface area contributed by atoms with Gasteiger partial charge in [0, 0.05) is 25.7 Å². The van der Waals surface area contributed by atoms with Gasteiger partial charge >= 0.3 is 6.03 Å². The highest BCUT2D eigenvalue weighted by Gasteiger charge is 2.55. The maximum Gasteiger partial charge on any atom is 0.321 e. The van der Waals surface area contributed by atoms with Gasteiger partial charge in [0.2, 0.25) is 0 Å². The minimum Gasteiger partial charge on any atom is -0.497 e. The monoisotopic (exact) mass is 479 g/mol. The van der Waals surface area contributed by atoms with Crippen LogP contribution in [0.25, 0.3) is 0 Å². The van der Waals surface area contributed by atoms with Crippen LogP contribution < -0.4 is 4.74 Å². The van der Waals surface area contributed by atoms with Gasteiger partial charge in [0.15, 0.2) is 0 Å². The first kappa shape index (κ1) is 25.5. The number of urea groups is 1. The second kappa shape index (κ2) is 9.82. The highest BCUT2D eigenvalue weighted by atomic mass is 16.5. The Kier molecular flexibility index (Phi) is 7.16. The van der Waals surface area contributed by atoms with E-state index in [1.54, 1.807) is 14.2 Å². The Balaban J connectivity index is 1.61. The minimum absolute atomic E-state index is 0.0125. The fraction of sp³-hybridized carbons (Fsp3) is 0.552. The van der Waals surface area contributed by atoms with Crippen LogP contribution in [0, 0.1) is 0 Å². The van der Waals surface area contributed by atoms with Crippen molar-refractivity contribution in [1.29, 1.82) is 0 Å². The second-order valence-corrected chi connectivity index (χ2v) is 11.1. The number of hydrogen-bond acceptors (Lipinski definition) is 4. The van der Waals surface area contributed by atoms with Crippen LogP contribution in [0.5, 0.6) is 5.75 Å². The predicted octanol–water partition coefficient (Wildman–Crippen LogP) is 5.13. The van der Waals surface area contributed by atoms with Crippen molar-refractivity contribution in [3.63, 3.8) is 0 Å². The molecule has 4 rings (SSSR count). The van der Waals surface area contributed by atoms with Gasteiger partial charge in [-0.15, -0.1) is 0 Å². The molecule has 6 nitrogen and oxygen atoms in total. The molecular formula is C29H41N3O3. The zero-order chi connectivity index (χ0) is 25.3. The van der Waals surface area contributed by atoms with Crippen LogP contribution in [-0.2, 0) is 16.8 Å². The first-order valence-corrected chi connectivity index (χ1v) is 12.6. The normalized spacial score (nSPS) is 25.1. The molecule has 1 spiro atoms. The Morgan fingerprint density at radius 2 is 1.57 bits per heavy atom. The average molecular weight is 480 g/mol. The highest BCUT2D eigenvalue weighted by molar-refractivity contribution is 5.78. The summed E-state index contributed by atoms with van der Waals surface area (Å²) in [6.45, 7) is 6.07. The Hall–Kier alpha value is -2.57. The maximum absolute atomic E-state index is 13.8. The summed E-state index contributed by atoms with van der Waals surface area (Å²) in [6, 6.07) is 19.0. The lowest BCUT2D eigenvalue weighted by molar-refractivity contribution is -0.0338. The first-order chi connectivity index (χ1) is 16.6. The highest BCUT2D eigenvalue weighted by Crippen LogP contribution is 2.49. The molecule has 2 amide bonds. The zero-order valence-corrected chi connectivity index (χ0v) is 22.2. The number of ether oxygens (including phenoxy) is 2. The van der Waals surface area contributed by atoms with Crippen molar-refractivity contribution in [1.82, 2.24) is 14.7 Å². The third-order valence-electron chi connectivity index (χ3n) is 8.36. The van der Waals surface area contributed by atoms with Gasteiger partial charge in [-0.3, -0.25) is 4.90 Å². The van der Waals surface area contributed by atoms with Crippen molar-refractivity contribution in [2.75, 3.05) is 41.4 Å². The summed E-state index contributed by atoms with van der Waals surface area (Å²) in [5.41, 5.74) is 1.87. The van der Waals surface area contributed by atoms with Crippen LogP contribution in [0.15, 0.2) is 54.6 Å². The number of carbonyl (C=O) groups is 1. The lowest BCUT2D eigenvalue weighted by Crippen LogP contribution is -2.57. The molecule has 2 aromatic carbocycles. The number of carbonyl (C=O) groups excluding carboxylic acids is 1. The van der Waals surface area contributed by atoms with E-state index in [1.165, 1.54) is 5.56 Å². The number of methoxy groups -OCH3 is 2. The number of hydrogen-bond donors (Lipinski definition) is 0. The molecule has 0 atom stereocenters. The van der Waals surface area contributed by atoms with E-state index < -0.39 is 5.60 Å². The summed E-state index contributed by atoms with van der Waals surface area (Å²) < 4.78 is 11.1. The molecule has 0 N–H and O–H groups in total. The van der Waals surface area contributed by atoms with Crippen LogP contribution in [0.1, 0.15) is 50.7 Å². The maximum atomic E-state index is 13.8. The van der Waals surface area contributed by atoms with Crippen LogP contribution in [-0.4, -0.2) is 73.3 Å². The zero-order valence-electron chi connectivity index (χ0n) is 22.2. The lowest BCUT2D eigenvalue weighted by atomic mass is 9.68. The third-order valence-corrected chi connectivity index (χ3v) is 8.36. The lowest BCUT2D eigenvalue weighted by Gasteiger charge is -2.51. The van der Waals surface area contributed by atoms with E-state index in [4.69, 9.17) is 9.47 Å². The van der Waals surface area contributed by atoms with E-state index in [1.807, 2.05) is 29.2 Å². The van der Waals surface area contributed by atoms with Crippen molar-refractivity contribution in [2.24, 2.45) is 0 Å². The van der Waals surface area contributed by atoms with Crippen molar-refractivity contribution in [3.05, 3.63) is 65.7 Å². The largest absolute Gasteiger partial charge is 0.497 e. The van der Waals surface area contributed by atoms with Crippen molar-refractivity contribution in [3.8, 4) is 5.75 Å². The quantitative estimate of drug-likeness (QED) is 0.527. The Bertz CT molecular complexity index is 996. The summed E-state index contributed by atoms with van der Waals surface area (Å²) in [5.74, 6) is 0.828. The predicted molar refractivity (Wildman–Crippen MR) is 140 cm³/mol. The molecule has 1 aliphatic heterocycles. The standard InChI is InChI=1S/C29H41N3O3/c1-27(2,35-6)21-32-26(33)31(20-23-12-14-25(34-5)15-13-23)22-28(32)16-18-29(19-17-28,30(3)4)24-10-8-7-9-11-24/h7-15H,16-22H2,1-6H3/t28-,29+. The molecule has 0 radical (unpaired) electrons. The van der Waals surface area contributed by atoms with E-state index in [0.29, 0.717) is 13.1 Å². The van der Waals surface area contributed by atoms with Gasteiger partial charge in [-0.25, -0.2) is 4.79 Å². The van der Waals surface area contributed by atoms with Gasteiger partial charge in [0.25, 0.3) is 0 Å². The number of nitrogens with zero attached hydrogens (tertiary/aromatic N) is 3. The Morgan fingerprint density at radius 3 is 2.11 bits per heavy atom. The minimum atomic E-state index is -0.408. The first-order valence-electron chi connectivity index (χ1n) is 12.6. The smallest absolute Gasteiger partial charge is 0.321 e. The molecule has 1 saturated carbocycles. The van der Waals surface area contributed by atoms with E-state index in [2.05, 4.69) is 68.1 Å². The molecule has 0 bridgehead atoms. The Morgan fingerprint density at radius 1 is 0.943 bits per heavy atom. The van der Waals surface area contributed by atoms with E-state index in [9.17, 15) is 4.79 Å².